The van der Waals surface area contributed by atoms with Crippen LogP contribution in [0.3, 0.4) is 0 Å². The van der Waals surface area contributed by atoms with E-state index in [0.29, 0.717) is 5.69 Å². The van der Waals surface area contributed by atoms with E-state index in [9.17, 15) is 13.2 Å². The lowest BCUT2D eigenvalue weighted by atomic mass is 10.0. The Labute approximate surface area is 150 Å². The van der Waals surface area contributed by atoms with Crippen molar-refractivity contribution in [2.75, 3.05) is 12.9 Å². The molecule has 1 aromatic carbocycles. The average molecular weight is 380 g/mol. The maximum absolute atomic E-state index is 13.0. The van der Waals surface area contributed by atoms with Crippen molar-refractivity contribution in [3.63, 3.8) is 0 Å². The van der Waals surface area contributed by atoms with Gasteiger partial charge in [-0.25, -0.2) is 8.42 Å². The minimum Gasteiger partial charge on any atom is -0.478 e. The summed E-state index contributed by atoms with van der Waals surface area (Å²) in [5, 5.41) is 3.93. The van der Waals surface area contributed by atoms with Gasteiger partial charge in [-0.05, 0) is 25.0 Å². The van der Waals surface area contributed by atoms with Crippen LogP contribution in [-0.4, -0.2) is 32.2 Å². The summed E-state index contributed by atoms with van der Waals surface area (Å²) < 4.78 is 34.9. The maximum Gasteiger partial charge on any atom is 0.199 e. The fraction of sp³-hybridized carbons (Fsp3) is 0.294. The summed E-state index contributed by atoms with van der Waals surface area (Å²) in [6.07, 6.45) is 9.22. The number of ketones is 1. The lowest BCUT2D eigenvalue weighted by Crippen LogP contribution is -2.13. The van der Waals surface area contributed by atoms with Crippen molar-refractivity contribution in [3.05, 3.63) is 40.2 Å². The number of carbonyl (C=O) groups excluding carboxylic acids is 1. The number of hydrogen-bond acceptors (Lipinski definition) is 6. The molecular formula is C17H14ClNO5S. The molecule has 1 aliphatic rings. The number of hydrogen-bond donors (Lipinski definition) is 0. The first-order valence-electron chi connectivity index (χ1n) is 7.42. The smallest absolute Gasteiger partial charge is 0.199 e. The molecule has 3 rings (SSSR count). The van der Waals surface area contributed by atoms with Crippen molar-refractivity contribution in [1.29, 1.82) is 0 Å². The Bertz CT molecular complexity index is 983. The summed E-state index contributed by atoms with van der Waals surface area (Å²) in [4.78, 5) is 12.7. The minimum atomic E-state index is -3.82. The Balaban J connectivity index is 2.17. The molecule has 0 bridgehead atoms. The van der Waals surface area contributed by atoms with E-state index in [1.54, 1.807) is 0 Å². The number of ether oxygens (including phenoxy) is 1. The summed E-state index contributed by atoms with van der Waals surface area (Å²) in [6, 6.07) is 2.76. The topological polar surface area (TPSA) is 86.5 Å². The van der Waals surface area contributed by atoms with E-state index in [2.05, 4.69) is 11.1 Å². The van der Waals surface area contributed by atoms with Crippen LogP contribution in [0.25, 0.3) is 0 Å². The largest absolute Gasteiger partial charge is 0.478 e. The molecule has 0 unspecified atom stereocenters. The summed E-state index contributed by atoms with van der Waals surface area (Å²) in [5.74, 6) is 1.78. The van der Waals surface area contributed by atoms with Crippen molar-refractivity contribution in [2.24, 2.45) is 0 Å². The minimum absolute atomic E-state index is 0.0518. The molecule has 0 saturated heterocycles. The Morgan fingerprint density at radius 1 is 1.44 bits per heavy atom. The van der Waals surface area contributed by atoms with Crippen LogP contribution < -0.4 is 4.74 Å². The molecule has 6 nitrogen and oxygen atoms in total. The number of aromatic nitrogens is 1. The van der Waals surface area contributed by atoms with E-state index in [1.165, 1.54) is 18.4 Å². The molecule has 1 heterocycles. The first-order chi connectivity index (χ1) is 11.8. The molecule has 1 saturated carbocycles. The molecule has 1 fully saturated rings. The average Bonchev–Trinajstić information content (AvgIpc) is 3.28. The molecule has 1 aliphatic carbocycles. The second kappa shape index (κ2) is 6.54. The van der Waals surface area contributed by atoms with Gasteiger partial charge in [0.05, 0.1) is 16.3 Å². The van der Waals surface area contributed by atoms with Crippen LogP contribution in [0.5, 0.6) is 5.75 Å². The zero-order valence-electron chi connectivity index (χ0n) is 13.3. The third kappa shape index (κ3) is 3.41. The molecular weight excluding hydrogens is 366 g/mol. The number of nitrogens with zero attached hydrogens (tertiary/aromatic N) is 1. The number of sulfone groups is 1. The van der Waals surface area contributed by atoms with Crippen molar-refractivity contribution >= 4 is 27.2 Å². The van der Waals surface area contributed by atoms with E-state index in [-0.39, 0.29) is 39.3 Å². The van der Waals surface area contributed by atoms with Gasteiger partial charge in [0.15, 0.2) is 21.4 Å². The summed E-state index contributed by atoms with van der Waals surface area (Å²) in [5.41, 5.74) is 0.743. The van der Waals surface area contributed by atoms with Crippen LogP contribution in [0.2, 0.25) is 5.02 Å². The van der Waals surface area contributed by atoms with Crippen LogP contribution in [0.15, 0.2) is 27.8 Å². The van der Waals surface area contributed by atoms with Crippen LogP contribution in [0, 0.1) is 12.3 Å². The standard InChI is InChI=1S/C17H14ClNO5S/c1-3-8-23-16-13(18)7-6-11(17(16)25(2,21)22)15(20)12-9-24-19-14(12)10-4-5-10/h1,6-7,9-10H,4-5,8H2,2H3. The lowest BCUT2D eigenvalue weighted by molar-refractivity contribution is 0.103. The van der Waals surface area contributed by atoms with Crippen molar-refractivity contribution in [1.82, 2.24) is 5.16 Å². The van der Waals surface area contributed by atoms with Crippen LogP contribution >= 0.6 is 11.6 Å². The second-order valence-electron chi connectivity index (χ2n) is 5.74. The maximum atomic E-state index is 13.0. The first-order valence-corrected chi connectivity index (χ1v) is 9.69. The third-order valence-corrected chi connectivity index (χ3v) is 5.23. The molecule has 2 aromatic rings. The molecule has 0 N–H and O–H groups in total. The Morgan fingerprint density at radius 3 is 2.76 bits per heavy atom. The summed E-state index contributed by atoms with van der Waals surface area (Å²) in [7, 11) is -3.82. The zero-order valence-corrected chi connectivity index (χ0v) is 14.9. The van der Waals surface area contributed by atoms with Gasteiger partial charge in [-0.1, -0.05) is 22.7 Å². The van der Waals surface area contributed by atoms with Crippen LogP contribution in [0.4, 0.5) is 0 Å². The molecule has 0 atom stereocenters. The van der Waals surface area contributed by atoms with Crippen molar-refractivity contribution < 1.29 is 22.5 Å². The predicted molar refractivity (Wildman–Crippen MR) is 90.8 cm³/mol. The van der Waals surface area contributed by atoms with Crippen molar-refractivity contribution in [2.45, 2.75) is 23.7 Å². The number of rotatable bonds is 6. The molecule has 0 radical (unpaired) electrons. The van der Waals surface area contributed by atoms with Crippen LogP contribution in [-0.2, 0) is 9.84 Å². The summed E-state index contributed by atoms with van der Waals surface area (Å²) in [6.45, 7) is -0.180. The first kappa shape index (κ1) is 17.5. The van der Waals surface area contributed by atoms with E-state index in [4.69, 9.17) is 27.3 Å². The predicted octanol–water partition coefficient (Wildman–Crippen LogP) is 2.85. The Morgan fingerprint density at radius 2 is 2.16 bits per heavy atom. The number of halogens is 1. The summed E-state index contributed by atoms with van der Waals surface area (Å²) >= 11 is 6.06. The van der Waals surface area contributed by atoms with Gasteiger partial charge < -0.3 is 9.26 Å². The van der Waals surface area contributed by atoms with Crippen molar-refractivity contribution in [3.8, 4) is 18.1 Å². The zero-order chi connectivity index (χ0) is 18.2. The fourth-order valence-corrected chi connectivity index (χ4v) is 3.88. The highest BCUT2D eigenvalue weighted by molar-refractivity contribution is 7.91. The Hall–Kier alpha value is -2.30. The normalized spacial score (nSPS) is 14.1. The van der Waals surface area contributed by atoms with Gasteiger partial charge in [0.1, 0.15) is 17.8 Å². The van der Waals surface area contributed by atoms with Gasteiger partial charge in [0.2, 0.25) is 0 Å². The Kier molecular flexibility index (Phi) is 4.58. The van der Waals surface area contributed by atoms with E-state index in [1.807, 2.05) is 0 Å². The van der Waals surface area contributed by atoms with Gasteiger partial charge in [0, 0.05) is 17.7 Å². The van der Waals surface area contributed by atoms with Gasteiger partial charge in [-0.3, -0.25) is 4.79 Å². The fourth-order valence-electron chi connectivity index (χ4n) is 2.55. The molecule has 0 aliphatic heterocycles. The number of terminal acetylenes is 1. The quantitative estimate of drug-likeness (QED) is 0.566. The molecule has 1 aromatic heterocycles. The van der Waals surface area contributed by atoms with E-state index < -0.39 is 15.6 Å². The molecule has 130 valence electrons. The third-order valence-electron chi connectivity index (χ3n) is 3.79. The molecule has 25 heavy (non-hydrogen) atoms. The number of benzene rings is 1. The molecule has 0 amide bonds. The highest BCUT2D eigenvalue weighted by atomic mass is 35.5. The molecule has 0 spiro atoms. The monoisotopic (exact) mass is 379 g/mol. The molecule has 8 heteroatoms. The highest BCUT2D eigenvalue weighted by Gasteiger charge is 2.34. The second-order valence-corrected chi connectivity index (χ2v) is 8.09. The SMILES string of the molecule is C#CCOc1c(Cl)ccc(C(=O)c2conc2C2CC2)c1S(C)(=O)=O. The van der Waals surface area contributed by atoms with Gasteiger partial charge in [-0.2, -0.15) is 0 Å². The van der Waals surface area contributed by atoms with Gasteiger partial charge in [-0.15, -0.1) is 6.42 Å². The van der Waals surface area contributed by atoms with E-state index in [0.717, 1.165) is 19.1 Å². The van der Waals surface area contributed by atoms with Crippen LogP contribution in [0.1, 0.15) is 40.4 Å². The van der Waals surface area contributed by atoms with E-state index >= 15 is 0 Å². The number of carbonyl (C=O) groups is 1. The van der Waals surface area contributed by atoms with Gasteiger partial charge >= 0.3 is 0 Å². The van der Waals surface area contributed by atoms with Gasteiger partial charge in [0.25, 0.3) is 0 Å². The lowest BCUT2D eigenvalue weighted by Gasteiger charge is -2.14. The highest BCUT2D eigenvalue weighted by Crippen LogP contribution is 2.42.